The normalized spacial score (nSPS) is 19.3. The molecule has 7 heteroatoms. The lowest BCUT2D eigenvalue weighted by molar-refractivity contribution is -0.139. The summed E-state index contributed by atoms with van der Waals surface area (Å²) in [7, 11) is 0. The van der Waals surface area contributed by atoms with E-state index in [-0.39, 0.29) is 49.8 Å². The molecule has 2 aromatic carbocycles. The third-order valence-electron chi connectivity index (χ3n) is 6.66. The first-order valence-corrected chi connectivity index (χ1v) is 11.6. The molecule has 0 bridgehead atoms. The predicted octanol–water partition coefficient (Wildman–Crippen LogP) is 4.06. The van der Waals surface area contributed by atoms with Crippen molar-refractivity contribution in [3.63, 3.8) is 0 Å². The second-order valence-corrected chi connectivity index (χ2v) is 8.82. The van der Waals surface area contributed by atoms with E-state index in [0.717, 1.165) is 36.8 Å². The van der Waals surface area contributed by atoms with Gasteiger partial charge in [-0.2, -0.15) is 0 Å². The molecular weight excluding hydrogens is 420 g/mol. The van der Waals surface area contributed by atoms with Crippen LogP contribution in [0.3, 0.4) is 0 Å². The van der Waals surface area contributed by atoms with Gasteiger partial charge in [0.15, 0.2) is 0 Å². The van der Waals surface area contributed by atoms with Crippen LogP contribution in [0.2, 0.25) is 0 Å². The summed E-state index contributed by atoms with van der Waals surface area (Å²) in [6, 6.07) is 16.2. The van der Waals surface area contributed by atoms with Gasteiger partial charge in [0.05, 0.1) is 6.42 Å². The van der Waals surface area contributed by atoms with Gasteiger partial charge in [0.2, 0.25) is 5.91 Å². The van der Waals surface area contributed by atoms with Gasteiger partial charge in [0.25, 0.3) is 0 Å². The maximum Gasteiger partial charge on any atom is 0.407 e. The van der Waals surface area contributed by atoms with Gasteiger partial charge >= 0.3 is 12.1 Å². The number of carbonyl (C=O) groups excluding carboxylic acids is 2. The molecule has 0 unspecified atom stereocenters. The van der Waals surface area contributed by atoms with E-state index in [9.17, 15) is 14.4 Å². The minimum absolute atomic E-state index is 0.0103. The number of fused-ring (bicyclic) bond motifs is 3. The van der Waals surface area contributed by atoms with Crippen LogP contribution >= 0.6 is 0 Å². The monoisotopic (exact) mass is 450 g/mol. The second kappa shape index (κ2) is 10.5. The van der Waals surface area contributed by atoms with Gasteiger partial charge in [0.1, 0.15) is 6.61 Å². The molecule has 0 aromatic heterocycles. The molecule has 2 aromatic rings. The predicted molar refractivity (Wildman–Crippen MR) is 124 cm³/mol. The third-order valence-corrected chi connectivity index (χ3v) is 6.66. The highest BCUT2D eigenvalue weighted by Crippen LogP contribution is 2.44. The summed E-state index contributed by atoms with van der Waals surface area (Å²) < 4.78 is 5.49. The number of aliphatic carboxylic acids is 1. The first-order chi connectivity index (χ1) is 16.0. The number of hydrogen-bond donors (Lipinski definition) is 3. The lowest BCUT2D eigenvalue weighted by Crippen LogP contribution is -2.43. The zero-order valence-corrected chi connectivity index (χ0v) is 18.6. The van der Waals surface area contributed by atoms with E-state index in [1.165, 1.54) is 11.1 Å². The SMILES string of the molecule is O=C(O)C[C@H]1CCCC[C@H]1NC(=O)CCNC(=O)OCC1c2ccccc2-c2ccccc21. The Morgan fingerprint density at radius 2 is 1.58 bits per heavy atom. The van der Waals surface area contributed by atoms with Crippen LogP contribution in [0, 0.1) is 5.92 Å². The smallest absolute Gasteiger partial charge is 0.407 e. The van der Waals surface area contributed by atoms with Crippen LogP contribution in [0.25, 0.3) is 11.1 Å². The fraction of sp³-hybridized carbons (Fsp3) is 0.423. The molecule has 2 aliphatic rings. The van der Waals surface area contributed by atoms with Crippen LogP contribution in [0.4, 0.5) is 4.79 Å². The molecule has 7 nitrogen and oxygen atoms in total. The van der Waals surface area contributed by atoms with Gasteiger partial charge in [-0.05, 0) is 41.0 Å². The number of carboxylic acids is 1. The number of hydrogen-bond acceptors (Lipinski definition) is 4. The topological polar surface area (TPSA) is 105 Å². The van der Waals surface area contributed by atoms with E-state index < -0.39 is 12.1 Å². The van der Waals surface area contributed by atoms with Gasteiger partial charge < -0.3 is 20.5 Å². The Bertz CT molecular complexity index is 976. The largest absolute Gasteiger partial charge is 0.481 e. The molecule has 2 atom stereocenters. The number of carbonyl (C=O) groups is 3. The van der Waals surface area contributed by atoms with Crippen molar-refractivity contribution in [3.8, 4) is 11.1 Å². The number of carboxylic acid groups (broad SMARTS) is 1. The van der Waals surface area contributed by atoms with Crippen LogP contribution in [0.1, 0.15) is 55.6 Å². The molecule has 1 fully saturated rings. The summed E-state index contributed by atoms with van der Waals surface area (Å²) in [5, 5.41) is 14.7. The van der Waals surface area contributed by atoms with Crippen LogP contribution in [-0.4, -0.2) is 42.3 Å². The third kappa shape index (κ3) is 5.53. The number of nitrogens with one attached hydrogen (secondary N) is 2. The van der Waals surface area contributed by atoms with Gasteiger partial charge in [0, 0.05) is 24.9 Å². The molecule has 2 amide bonds. The van der Waals surface area contributed by atoms with Crippen molar-refractivity contribution in [3.05, 3.63) is 59.7 Å². The minimum Gasteiger partial charge on any atom is -0.481 e. The zero-order chi connectivity index (χ0) is 23.2. The van der Waals surface area contributed by atoms with Gasteiger partial charge in [-0.3, -0.25) is 9.59 Å². The van der Waals surface area contributed by atoms with Crippen molar-refractivity contribution in [2.24, 2.45) is 5.92 Å². The first kappa shape index (κ1) is 22.8. The Kier molecular flexibility index (Phi) is 7.27. The number of ether oxygens (including phenoxy) is 1. The molecule has 0 heterocycles. The number of amides is 2. The quantitative estimate of drug-likeness (QED) is 0.562. The van der Waals surface area contributed by atoms with E-state index in [1.807, 2.05) is 24.3 Å². The van der Waals surface area contributed by atoms with Gasteiger partial charge in [-0.25, -0.2) is 4.79 Å². The highest BCUT2D eigenvalue weighted by atomic mass is 16.5. The molecule has 0 aliphatic heterocycles. The highest BCUT2D eigenvalue weighted by Gasteiger charge is 2.30. The zero-order valence-electron chi connectivity index (χ0n) is 18.6. The van der Waals surface area contributed by atoms with Crippen molar-refractivity contribution in [2.45, 2.75) is 50.5 Å². The molecule has 2 aliphatic carbocycles. The average Bonchev–Trinajstić information content (AvgIpc) is 3.12. The average molecular weight is 451 g/mol. The van der Waals surface area contributed by atoms with Crippen molar-refractivity contribution in [2.75, 3.05) is 13.2 Å². The van der Waals surface area contributed by atoms with Crippen LogP contribution < -0.4 is 10.6 Å². The van der Waals surface area contributed by atoms with Gasteiger partial charge in [-0.1, -0.05) is 61.4 Å². The molecule has 1 saturated carbocycles. The highest BCUT2D eigenvalue weighted by molar-refractivity contribution is 5.79. The fourth-order valence-corrected chi connectivity index (χ4v) is 5.07. The van der Waals surface area contributed by atoms with Crippen molar-refractivity contribution in [1.82, 2.24) is 10.6 Å². The van der Waals surface area contributed by atoms with Crippen LogP contribution in [0.15, 0.2) is 48.5 Å². The molecule has 174 valence electrons. The van der Waals surface area contributed by atoms with Crippen molar-refractivity contribution >= 4 is 18.0 Å². The Balaban J connectivity index is 1.23. The summed E-state index contributed by atoms with van der Waals surface area (Å²) >= 11 is 0. The van der Waals surface area contributed by atoms with Crippen LogP contribution in [-0.2, 0) is 14.3 Å². The standard InChI is InChI=1S/C26H30N2O5/c29-24(28-23-12-6-1-7-17(23)15-25(30)31)13-14-27-26(32)33-16-22-20-10-4-2-8-18(20)19-9-3-5-11-21(19)22/h2-5,8-11,17,22-23H,1,6-7,12-16H2,(H,27,32)(H,28,29)(H,30,31)/t17-,23-/m1/s1. The Hall–Kier alpha value is -3.35. The van der Waals surface area contributed by atoms with E-state index >= 15 is 0 Å². The number of benzene rings is 2. The van der Waals surface area contributed by atoms with Gasteiger partial charge in [-0.15, -0.1) is 0 Å². The van der Waals surface area contributed by atoms with E-state index in [2.05, 4.69) is 34.9 Å². The summed E-state index contributed by atoms with van der Waals surface area (Å²) in [6.07, 6.45) is 3.24. The Morgan fingerprint density at radius 1 is 0.939 bits per heavy atom. The molecule has 0 saturated heterocycles. The summed E-state index contributed by atoms with van der Waals surface area (Å²) in [4.78, 5) is 35.6. The van der Waals surface area contributed by atoms with E-state index in [0.29, 0.717) is 0 Å². The number of alkyl carbamates (subject to hydrolysis) is 1. The summed E-state index contributed by atoms with van der Waals surface area (Å²) in [6.45, 7) is 0.393. The lowest BCUT2D eigenvalue weighted by atomic mass is 9.82. The summed E-state index contributed by atoms with van der Waals surface area (Å²) in [5.41, 5.74) is 4.63. The maximum absolute atomic E-state index is 12.3. The maximum atomic E-state index is 12.3. The number of rotatable bonds is 8. The Labute approximate surface area is 193 Å². The van der Waals surface area contributed by atoms with E-state index in [4.69, 9.17) is 9.84 Å². The molecule has 0 radical (unpaired) electrons. The van der Waals surface area contributed by atoms with Crippen LogP contribution in [0.5, 0.6) is 0 Å². The van der Waals surface area contributed by atoms with E-state index in [1.54, 1.807) is 0 Å². The molecule has 0 spiro atoms. The Morgan fingerprint density at radius 3 is 2.24 bits per heavy atom. The minimum atomic E-state index is -0.835. The molecular formula is C26H30N2O5. The van der Waals surface area contributed by atoms with Crippen molar-refractivity contribution in [1.29, 1.82) is 0 Å². The fourth-order valence-electron chi connectivity index (χ4n) is 5.07. The molecule has 3 N–H and O–H groups in total. The lowest BCUT2D eigenvalue weighted by Gasteiger charge is -2.31. The summed E-state index contributed by atoms with van der Waals surface area (Å²) in [5.74, 6) is -1.06. The molecule has 4 rings (SSSR count). The first-order valence-electron chi connectivity index (χ1n) is 11.6. The van der Waals surface area contributed by atoms with Crippen molar-refractivity contribution < 1.29 is 24.2 Å². The second-order valence-electron chi connectivity index (χ2n) is 8.82. The molecule has 33 heavy (non-hydrogen) atoms.